The van der Waals surface area contributed by atoms with E-state index >= 15 is 0 Å². The number of ether oxygens (including phenoxy) is 3. The molecule has 0 aliphatic rings. The number of rotatable bonds is 48. The van der Waals surface area contributed by atoms with E-state index in [0.29, 0.717) is 19.3 Å². The molecular weight excluding hydrogens is 817 g/mol. The molecule has 0 rings (SSSR count). The average molecular weight is 917 g/mol. The largest absolute Gasteiger partial charge is 0.462 e. The predicted molar refractivity (Wildman–Crippen MR) is 284 cm³/mol. The maximum Gasteiger partial charge on any atom is 0.306 e. The maximum absolute atomic E-state index is 12.8. The van der Waals surface area contributed by atoms with Gasteiger partial charge in [-0.3, -0.25) is 14.4 Å². The fourth-order valence-corrected chi connectivity index (χ4v) is 7.36. The first kappa shape index (κ1) is 62.3. The second kappa shape index (κ2) is 53.9. The summed E-state index contributed by atoms with van der Waals surface area (Å²) in [5.41, 5.74) is 0. The van der Waals surface area contributed by atoms with Gasteiger partial charge in [0.2, 0.25) is 0 Å². The molecule has 0 aliphatic carbocycles. The Hall–Kier alpha value is -3.67. The highest BCUT2D eigenvalue weighted by molar-refractivity contribution is 5.71. The van der Waals surface area contributed by atoms with Gasteiger partial charge < -0.3 is 14.2 Å². The van der Waals surface area contributed by atoms with Crippen molar-refractivity contribution in [2.75, 3.05) is 13.2 Å². The molecule has 0 fully saturated rings. The lowest BCUT2D eigenvalue weighted by Gasteiger charge is -2.18. The summed E-state index contributed by atoms with van der Waals surface area (Å²) in [5.74, 6) is -0.984. The van der Waals surface area contributed by atoms with Gasteiger partial charge in [-0.25, -0.2) is 0 Å². The lowest BCUT2D eigenvalue weighted by atomic mass is 10.0. The van der Waals surface area contributed by atoms with E-state index in [2.05, 4.69) is 118 Å². The number of allylic oxidation sites excluding steroid dienone is 16. The standard InChI is InChI=1S/C60H100O6/c1-4-7-10-13-16-19-22-25-27-29-31-32-35-38-41-44-47-50-53-59(62)65-56-57(55-64-58(61)52-49-46-43-40-37-34-24-21-18-15-12-9-6-3)66-60(63)54-51-48-45-42-39-36-33-30-28-26-23-20-17-14-11-8-5-2/h8-9,11-12,15,17-18,20-21,24,26,28,33,36,42,45,57H,4-7,10,13-14,16,19,22-23,25,27,29-32,34-35,37-41,43-44,46-56H2,1-3H3/b11-8+,12-9+,18-15+,20-17+,24-21+,28-26+,36-33+,45-42+. The quantitative estimate of drug-likeness (QED) is 0.0199. The summed E-state index contributed by atoms with van der Waals surface area (Å²) >= 11 is 0. The fourth-order valence-electron chi connectivity index (χ4n) is 7.36. The Morgan fingerprint density at radius 1 is 0.333 bits per heavy atom. The van der Waals surface area contributed by atoms with Crippen LogP contribution in [0.1, 0.15) is 245 Å². The summed E-state index contributed by atoms with van der Waals surface area (Å²) in [5, 5.41) is 0. The van der Waals surface area contributed by atoms with Crippen molar-refractivity contribution in [3.8, 4) is 0 Å². The van der Waals surface area contributed by atoms with E-state index in [1.165, 1.54) is 96.3 Å². The molecule has 0 aromatic rings. The highest BCUT2D eigenvalue weighted by atomic mass is 16.6. The predicted octanol–water partition coefficient (Wildman–Crippen LogP) is 18.1. The van der Waals surface area contributed by atoms with E-state index in [0.717, 1.165) is 103 Å². The van der Waals surface area contributed by atoms with Gasteiger partial charge in [-0.15, -0.1) is 0 Å². The van der Waals surface area contributed by atoms with Crippen molar-refractivity contribution >= 4 is 17.9 Å². The summed E-state index contributed by atoms with van der Waals surface area (Å²) in [6, 6.07) is 0. The van der Waals surface area contributed by atoms with Crippen molar-refractivity contribution in [1.82, 2.24) is 0 Å². The monoisotopic (exact) mass is 917 g/mol. The Bertz CT molecular complexity index is 1330. The number of hydrogen-bond donors (Lipinski definition) is 0. The minimum atomic E-state index is -0.815. The first-order valence-corrected chi connectivity index (χ1v) is 27.3. The maximum atomic E-state index is 12.8. The van der Waals surface area contributed by atoms with Crippen molar-refractivity contribution in [1.29, 1.82) is 0 Å². The third-order valence-corrected chi connectivity index (χ3v) is 11.4. The van der Waals surface area contributed by atoms with E-state index < -0.39 is 6.10 Å². The second-order valence-electron chi connectivity index (χ2n) is 17.8. The third-order valence-electron chi connectivity index (χ3n) is 11.4. The lowest BCUT2D eigenvalue weighted by Crippen LogP contribution is -2.30. The molecule has 1 unspecified atom stereocenters. The van der Waals surface area contributed by atoms with Gasteiger partial charge in [0.05, 0.1) is 0 Å². The minimum Gasteiger partial charge on any atom is -0.462 e. The molecule has 0 aromatic carbocycles. The van der Waals surface area contributed by atoms with E-state index in [-0.39, 0.29) is 37.5 Å². The molecule has 0 aromatic heterocycles. The molecule has 0 spiro atoms. The zero-order valence-corrected chi connectivity index (χ0v) is 42.9. The van der Waals surface area contributed by atoms with Crippen molar-refractivity contribution in [2.24, 2.45) is 0 Å². The zero-order chi connectivity index (χ0) is 47.9. The molecule has 0 saturated heterocycles. The first-order chi connectivity index (χ1) is 32.5. The summed E-state index contributed by atoms with van der Waals surface area (Å²) in [4.78, 5) is 38.0. The van der Waals surface area contributed by atoms with Crippen LogP contribution < -0.4 is 0 Å². The normalized spacial score (nSPS) is 12.8. The van der Waals surface area contributed by atoms with E-state index in [4.69, 9.17) is 14.2 Å². The van der Waals surface area contributed by atoms with Crippen LogP contribution >= 0.6 is 0 Å². The summed E-state index contributed by atoms with van der Waals surface area (Å²) < 4.78 is 16.8. The van der Waals surface area contributed by atoms with E-state index in [1.807, 2.05) is 0 Å². The van der Waals surface area contributed by atoms with Crippen LogP contribution in [0.4, 0.5) is 0 Å². The molecule has 6 heteroatoms. The van der Waals surface area contributed by atoms with Crippen LogP contribution in [-0.2, 0) is 28.6 Å². The molecule has 0 bridgehead atoms. The van der Waals surface area contributed by atoms with Crippen LogP contribution in [0.25, 0.3) is 0 Å². The van der Waals surface area contributed by atoms with Crippen LogP contribution in [0.3, 0.4) is 0 Å². The molecular formula is C60H100O6. The van der Waals surface area contributed by atoms with E-state index in [1.54, 1.807) is 0 Å². The highest BCUT2D eigenvalue weighted by Gasteiger charge is 2.19. The molecule has 6 nitrogen and oxygen atoms in total. The highest BCUT2D eigenvalue weighted by Crippen LogP contribution is 2.15. The molecule has 376 valence electrons. The van der Waals surface area contributed by atoms with Crippen LogP contribution in [0.5, 0.6) is 0 Å². The Balaban J connectivity index is 4.47. The number of carbonyl (C=O) groups excluding carboxylic acids is 3. The van der Waals surface area contributed by atoms with Crippen molar-refractivity contribution in [2.45, 2.75) is 252 Å². The van der Waals surface area contributed by atoms with Gasteiger partial charge in [0.1, 0.15) is 13.2 Å². The number of esters is 3. The van der Waals surface area contributed by atoms with Crippen molar-refractivity contribution < 1.29 is 28.6 Å². The van der Waals surface area contributed by atoms with Gasteiger partial charge in [0.15, 0.2) is 6.10 Å². The zero-order valence-electron chi connectivity index (χ0n) is 42.9. The Morgan fingerprint density at radius 3 is 1.12 bits per heavy atom. The van der Waals surface area contributed by atoms with Crippen LogP contribution in [0, 0.1) is 0 Å². The summed E-state index contributed by atoms with van der Waals surface area (Å²) in [7, 11) is 0. The molecule has 0 N–H and O–H groups in total. The summed E-state index contributed by atoms with van der Waals surface area (Å²) in [6.45, 7) is 6.34. The number of hydrogen-bond acceptors (Lipinski definition) is 6. The third kappa shape index (κ3) is 51.3. The Morgan fingerprint density at radius 2 is 0.682 bits per heavy atom. The van der Waals surface area contributed by atoms with Gasteiger partial charge in [-0.05, 0) is 77.0 Å². The molecule has 0 saturated carbocycles. The van der Waals surface area contributed by atoms with Crippen LogP contribution in [-0.4, -0.2) is 37.2 Å². The van der Waals surface area contributed by atoms with E-state index in [9.17, 15) is 14.4 Å². The van der Waals surface area contributed by atoms with Gasteiger partial charge >= 0.3 is 17.9 Å². The van der Waals surface area contributed by atoms with Gasteiger partial charge in [0.25, 0.3) is 0 Å². The molecule has 0 aliphatic heterocycles. The van der Waals surface area contributed by atoms with Gasteiger partial charge in [-0.1, -0.05) is 246 Å². The lowest BCUT2D eigenvalue weighted by molar-refractivity contribution is -0.167. The average Bonchev–Trinajstić information content (AvgIpc) is 3.31. The van der Waals surface area contributed by atoms with Crippen LogP contribution in [0.2, 0.25) is 0 Å². The molecule has 1 atom stereocenters. The number of carbonyl (C=O) groups is 3. The molecule has 0 radical (unpaired) electrons. The molecule has 0 heterocycles. The number of unbranched alkanes of at least 4 members (excludes halogenated alkanes) is 23. The van der Waals surface area contributed by atoms with Crippen LogP contribution in [0.15, 0.2) is 97.2 Å². The molecule has 0 amide bonds. The Kier molecular flexibility index (Phi) is 50.9. The van der Waals surface area contributed by atoms with Crippen molar-refractivity contribution in [3.05, 3.63) is 97.2 Å². The SMILES string of the molecule is CC/C=C/C=C/C=C/CCCCCCCC(=O)OCC(COC(=O)CCCCCCCCCCCCCCCCCCCC)OC(=O)CCC/C=C/C/C=C/C/C=C/C/C=C/C/C=C/CC. The van der Waals surface area contributed by atoms with Gasteiger partial charge in [0, 0.05) is 19.3 Å². The second-order valence-corrected chi connectivity index (χ2v) is 17.8. The van der Waals surface area contributed by atoms with Crippen molar-refractivity contribution in [3.63, 3.8) is 0 Å². The van der Waals surface area contributed by atoms with Gasteiger partial charge in [-0.2, -0.15) is 0 Å². The topological polar surface area (TPSA) is 78.9 Å². The smallest absolute Gasteiger partial charge is 0.306 e. The minimum absolute atomic E-state index is 0.106. The first-order valence-electron chi connectivity index (χ1n) is 27.3. The molecule has 66 heavy (non-hydrogen) atoms. The Labute approximate surface area is 407 Å². The fraction of sp³-hybridized carbons (Fsp3) is 0.683. The summed E-state index contributed by atoms with van der Waals surface area (Å²) in [6.07, 6.45) is 71.2.